The lowest BCUT2D eigenvalue weighted by Gasteiger charge is -2.19. The van der Waals surface area contributed by atoms with E-state index in [2.05, 4.69) is 12.2 Å². The normalized spacial score (nSPS) is 15.8. The highest BCUT2D eigenvalue weighted by Gasteiger charge is 2.45. The predicted octanol–water partition coefficient (Wildman–Crippen LogP) is 1.87. The van der Waals surface area contributed by atoms with Gasteiger partial charge in [0.2, 0.25) is 5.91 Å². The molecule has 7 nitrogen and oxygen atoms in total. The standard InChI is InChI=1S/C19H25N3O4/c1-5-14-6-8-15(9-7-14)13(4)20-16(23)11-22-18(25)17(24)21(19(22)26)10-12(2)3/h6-9,12-13H,5,10-11H2,1-4H3,(H,20,23)/t13-/m1/s1. The van der Waals surface area contributed by atoms with Crippen LogP contribution in [0, 0.1) is 5.92 Å². The smallest absolute Gasteiger partial charge is 0.334 e. The van der Waals surface area contributed by atoms with Crippen LogP contribution in [0.1, 0.15) is 44.9 Å². The van der Waals surface area contributed by atoms with Gasteiger partial charge in [-0.1, -0.05) is 45.0 Å². The van der Waals surface area contributed by atoms with Crippen molar-refractivity contribution >= 4 is 23.8 Å². The van der Waals surface area contributed by atoms with Gasteiger partial charge < -0.3 is 5.32 Å². The van der Waals surface area contributed by atoms with E-state index in [1.54, 1.807) is 0 Å². The number of nitrogens with one attached hydrogen (secondary N) is 1. The molecule has 0 radical (unpaired) electrons. The molecule has 5 amide bonds. The van der Waals surface area contributed by atoms with Crippen LogP contribution in [0.4, 0.5) is 4.79 Å². The molecule has 26 heavy (non-hydrogen) atoms. The van der Waals surface area contributed by atoms with Crippen molar-refractivity contribution in [3.63, 3.8) is 0 Å². The molecule has 1 fully saturated rings. The van der Waals surface area contributed by atoms with Gasteiger partial charge in [-0.05, 0) is 30.4 Å². The molecule has 1 aliphatic heterocycles. The van der Waals surface area contributed by atoms with Crippen LogP contribution in [0.5, 0.6) is 0 Å². The van der Waals surface area contributed by atoms with Crippen LogP contribution in [-0.2, 0) is 20.8 Å². The molecule has 1 atom stereocenters. The molecule has 0 aliphatic carbocycles. The summed E-state index contributed by atoms with van der Waals surface area (Å²) in [5.74, 6) is -2.28. The van der Waals surface area contributed by atoms with Crippen LogP contribution >= 0.6 is 0 Å². The van der Waals surface area contributed by atoms with Crippen molar-refractivity contribution in [3.8, 4) is 0 Å². The van der Waals surface area contributed by atoms with Crippen LogP contribution in [0.3, 0.4) is 0 Å². The third-order valence-corrected chi connectivity index (χ3v) is 4.25. The molecule has 1 aliphatic rings. The number of urea groups is 1. The van der Waals surface area contributed by atoms with E-state index in [9.17, 15) is 19.2 Å². The van der Waals surface area contributed by atoms with E-state index in [0.29, 0.717) is 4.90 Å². The Hall–Kier alpha value is -2.70. The van der Waals surface area contributed by atoms with Crippen LogP contribution < -0.4 is 5.32 Å². The number of amides is 5. The monoisotopic (exact) mass is 359 g/mol. The minimum absolute atomic E-state index is 0.0376. The lowest BCUT2D eigenvalue weighted by molar-refractivity contribution is -0.144. The Morgan fingerprint density at radius 1 is 1.00 bits per heavy atom. The summed E-state index contributed by atoms with van der Waals surface area (Å²) in [5.41, 5.74) is 2.12. The number of benzene rings is 1. The molecule has 0 saturated carbocycles. The zero-order chi connectivity index (χ0) is 19.4. The zero-order valence-electron chi connectivity index (χ0n) is 15.6. The Kier molecular flexibility index (Phi) is 6.13. The van der Waals surface area contributed by atoms with Gasteiger partial charge in [0.05, 0.1) is 6.04 Å². The second-order valence-electron chi connectivity index (χ2n) is 6.87. The molecular weight excluding hydrogens is 334 g/mol. The summed E-state index contributed by atoms with van der Waals surface area (Å²) >= 11 is 0. The van der Waals surface area contributed by atoms with Crippen LogP contribution in [0.15, 0.2) is 24.3 Å². The first-order valence-electron chi connectivity index (χ1n) is 8.80. The second kappa shape index (κ2) is 8.12. The van der Waals surface area contributed by atoms with Crippen molar-refractivity contribution in [2.24, 2.45) is 5.92 Å². The van der Waals surface area contributed by atoms with Gasteiger partial charge in [0.15, 0.2) is 0 Å². The molecule has 0 aromatic heterocycles. The van der Waals surface area contributed by atoms with Gasteiger partial charge in [-0.2, -0.15) is 0 Å². The number of carbonyl (C=O) groups is 4. The van der Waals surface area contributed by atoms with Crippen LogP contribution in [0.2, 0.25) is 0 Å². The fourth-order valence-corrected chi connectivity index (χ4v) is 2.77. The van der Waals surface area contributed by atoms with Gasteiger partial charge in [0.25, 0.3) is 0 Å². The number of hydrogen-bond acceptors (Lipinski definition) is 4. The third-order valence-electron chi connectivity index (χ3n) is 4.25. The summed E-state index contributed by atoms with van der Waals surface area (Å²) in [7, 11) is 0. The Balaban J connectivity index is 1.99. The van der Waals surface area contributed by atoms with Crippen molar-refractivity contribution < 1.29 is 19.2 Å². The first-order valence-corrected chi connectivity index (χ1v) is 8.80. The lowest BCUT2D eigenvalue weighted by Crippen LogP contribution is -2.42. The summed E-state index contributed by atoms with van der Waals surface area (Å²) in [6.07, 6.45) is 0.932. The molecule has 1 aromatic rings. The third kappa shape index (κ3) is 4.28. The van der Waals surface area contributed by atoms with Gasteiger partial charge >= 0.3 is 17.8 Å². The number of hydrogen-bond donors (Lipinski definition) is 1. The maximum Gasteiger partial charge on any atom is 0.334 e. The molecule has 1 heterocycles. The fourth-order valence-electron chi connectivity index (χ4n) is 2.77. The Morgan fingerprint density at radius 3 is 2.12 bits per heavy atom. The zero-order valence-corrected chi connectivity index (χ0v) is 15.6. The molecule has 1 aromatic carbocycles. The first kappa shape index (κ1) is 19.6. The maximum absolute atomic E-state index is 12.3. The molecule has 1 N–H and O–H groups in total. The van der Waals surface area contributed by atoms with Gasteiger partial charge in [0, 0.05) is 6.54 Å². The van der Waals surface area contributed by atoms with E-state index in [4.69, 9.17) is 0 Å². The van der Waals surface area contributed by atoms with Crippen LogP contribution in [0.25, 0.3) is 0 Å². The van der Waals surface area contributed by atoms with Crippen LogP contribution in [-0.4, -0.2) is 46.6 Å². The largest absolute Gasteiger partial charge is 0.348 e. The van der Waals surface area contributed by atoms with Gasteiger partial charge in [0.1, 0.15) is 6.54 Å². The molecule has 7 heteroatoms. The van der Waals surface area contributed by atoms with Crippen molar-refractivity contribution in [2.45, 2.75) is 40.2 Å². The van der Waals surface area contributed by atoms with Gasteiger partial charge in [-0.3, -0.25) is 19.3 Å². The summed E-state index contributed by atoms with van der Waals surface area (Å²) in [6.45, 7) is 7.26. The first-order chi connectivity index (χ1) is 12.2. The van der Waals surface area contributed by atoms with E-state index in [0.717, 1.165) is 16.9 Å². The average Bonchev–Trinajstić information content (AvgIpc) is 2.79. The summed E-state index contributed by atoms with van der Waals surface area (Å²) in [6, 6.07) is 6.85. The van der Waals surface area contributed by atoms with Crippen molar-refractivity contribution in [3.05, 3.63) is 35.4 Å². The molecule has 140 valence electrons. The highest BCUT2D eigenvalue weighted by Crippen LogP contribution is 2.16. The van der Waals surface area contributed by atoms with Gasteiger partial charge in [-0.25, -0.2) is 9.69 Å². The van der Waals surface area contributed by atoms with E-state index in [-0.39, 0.29) is 18.5 Å². The SMILES string of the molecule is CCc1ccc([C@@H](C)NC(=O)CN2C(=O)C(=O)N(CC(C)C)C2=O)cc1. The summed E-state index contributed by atoms with van der Waals surface area (Å²) in [5, 5.41) is 2.76. The van der Waals surface area contributed by atoms with Gasteiger partial charge in [-0.15, -0.1) is 0 Å². The maximum atomic E-state index is 12.3. The molecule has 2 rings (SSSR count). The van der Waals surface area contributed by atoms with E-state index in [1.807, 2.05) is 45.0 Å². The highest BCUT2D eigenvalue weighted by atomic mass is 16.2. The molecule has 0 spiro atoms. The van der Waals surface area contributed by atoms with E-state index in [1.165, 1.54) is 5.56 Å². The minimum Gasteiger partial charge on any atom is -0.348 e. The summed E-state index contributed by atoms with van der Waals surface area (Å²) < 4.78 is 0. The lowest BCUT2D eigenvalue weighted by atomic mass is 10.1. The van der Waals surface area contributed by atoms with E-state index < -0.39 is 30.3 Å². The fraction of sp³-hybridized carbons (Fsp3) is 0.474. The molecule has 0 bridgehead atoms. The minimum atomic E-state index is -0.953. The van der Waals surface area contributed by atoms with Crippen molar-refractivity contribution in [1.29, 1.82) is 0 Å². The molecule has 1 saturated heterocycles. The quantitative estimate of drug-likeness (QED) is 0.595. The van der Waals surface area contributed by atoms with Crippen molar-refractivity contribution in [1.82, 2.24) is 15.1 Å². The highest BCUT2D eigenvalue weighted by molar-refractivity contribution is 6.45. The number of carbonyl (C=O) groups excluding carboxylic acids is 4. The Morgan fingerprint density at radius 2 is 1.58 bits per heavy atom. The second-order valence-corrected chi connectivity index (χ2v) is 6.87. The average molecular weight is 359 g/mol. The predicted molar refractivity (Wildman–Crippen MR) is 96.0 cm³/mol. The number of nitrogens with zero attached hydrogens (tertiary/aromatic N) is 2. The number of imide groups is 2. The summed E-state index contributed by atoms with van der Waals surface area (Å²) in [4.78, 5) is 50.0. The van der Waals surface area contributed by atoms with Crippen molar-refractivity contribution in [2.75, 3.05) is 13.1 Å². The number of aryl methyl sites for hydroxylation is 1. The molecule has 0 unspecified atom stereocenters. The number of rotatable bonds is 7. The molecular formula is C19H25N3O4. The van der Waals surface area contributed by atoms with E-state index >= 15 is 0 Å². The Bertz CT molecular complexity index is 712. The Labute approximate surface area is 153 Å². The topological polar surface area (TPSA) is 86.8 Å².